The molecular formula is C30H51ClN4S2. The van der Waals surface area contributed by atoms with E-state index in [0.29, 0.717) is 0 Å². The molecule has 0 aromatic heterocycles. The van der Waals surface area contributed by atoms with Crippen molar-refractivity contribution < 1.29 is 0 Å². The van der Waals surface area contributed by atoms with Crippen LogP contribution < -0.4 is 21.3 Å². The number of unbranched alkanes of at least 4 members (excludes halogenated alkanes) is 6. The van der Waals surface area contributed by atoms with Crippen molar-refractivity contribution in [2.24, 2.45) is 0 Å². The summed E-state index contributed by atoms with van der Waals surface area (Å²) < 4.78 is 0. The topological polar surface area (TPSA) is 48.1 Å². The SMILES string of the molecule is Cl.c1ccc(CNCCCCCCNCCSSCCNCCCCCCNCc2ccccc2)cc1. The molecule has 4 nitrogen and oxygen atoms in total. The summed E-state index contributed by atoms with van der Waals surface area (Å²) in [5.41, 5.74) is 2.75. The van der Waals surface area contributed by atoms with Gasteiger partial charge < -0.3 is 21.3 Å². The molecule has 210 valence electrons. The smallest absolute Gasteiger partial charge is 0.0205 e. The van der Waals surface area contributed by atoms with Crippen LogP contribution in [0.5, 0.6) is 0 Å². The third kappa shape index (κ3) is 21.8. The zero-order chi connectivity index (χ0) is 25.2. The van der Waals surface area contributed by atoms with Crippen molar-refractivity contribution in [1.29, 1.82) is 0 Å². The summed E-state index contributed by atoms with van der Waals surface area (Å²) in [4.78, 5) is 0. The highest BCUT2D eigenvalue weighted by atomic mass is 35.5. The highest BCUT2D eigenvalue weighted by Crippen LogP contribution is 2.19. The molecule has 0 saturated heterocycles. The van der Waals surface area contributed by atoms with Gasteiger partial charge in [0.1, 0.15) is 0 Å². The van der Waals surface area contributed by atoms with Crippen LogP contribution in [0.1, 0.15) is 62.5 Å². The van der Waals surface area contributed by atoms with Gasteiger partial charge in [-0.2, -0.15) is 0 Å². The minimum absolute atomic E-state index is 0. The van der Waals surface area contributed by atoms with Gasteiger partial charge in [0.25, 0.3) is 0 Å². The second kappa shape index (κ2) is 26.9. The van der Waals surface area contributed by atoms with E-state index in [1.807, 2.05) is 21.6 Å². The quantitative estimate of drug-likeness (QED) is 0.0795. The molecule has 2 aromatic carbocycles. The zero-order valence-corrected chi connectivity index (χ0v) is 25.2. The standard InChI is InChI=1S/C30H50N4S2.ClH/c1(3-13-21-33-27-29-15-7-5-8-16-29)11-19-31-23-25-35-36-26-24-32-20-12-2-4-14-22-34-28-30-17-9-6-10-18-30;/h5-10,15-18,31-34H,1-4,11-14,19-28H2;1H. The van der Waals surface area contributed by atoms with Gasteiger partial charge >= 0.3 is 0 Å². The van der Waals surface area contributed by atoms with Gasteiger partial charge in [-0.05, 0) is 63.0 Å². The van der Waals surface area contributed by atoms with E-state index in [2.05, 4.69) is 81.9 Å². The van der Waals surface area contributed by atoms with Crippen LogP contribution in [0.3, 0.4) is 0 Å². The Morgan fingerprint density at radius 1 is 0.405 bits per heavy atom. The second-order valence-electron chi connectivity index (χ2n) is 9.30. The molecule has 0 bridgehead atoms. The maximum absolute atomic E-state index is 3.59. The van der Waals surface area contributed by atoms with E-state index in [-0.39, 0.29) is 12.4 Å². The van der Waals surface area contributed by atoms with Gasteiger partial charge in [0, 0.05) is 37.7 Å². The lowest BCUT2D eigenvalue weighted by atomic mass is 10.2. The molecule has 37 heavy (non-hydrogen) atoms. The monoisotopic (exact) mass is 566 g/mol. The van der Waals surface area contributed by atoms with E-state index >= 15 is 0 Å². The first-order valence-corrected chi connectivity index (χ1v) is 16.6. The average molecular weight is 567 g/mol. The van der Waals surface area contributed by atoms with Crippen molar-refractivity contribution in [1.82, 2.24) is 21.3 Å². The van der Waals surface area contributed by atoms with Gasteiger partial charge in [0.2, 0.25) is 0 Å². The summed E-state index contributed by atoms with van der Waals surface area (Å²) in [6, 6.07) is 21.3. The minimum atomic E-state index is 0. The lowest BCUT2D eigenvalue weighted by molar-refractivity contribution is 0.569. The molecule has 0 spiro atoms. The first kappa shape index (κ1) is 34.3. The fraction of sp³-hybridized carbons (Fsp3) is 0.600. The molecule has 0 aliphatic carbocycles. The van der Waals surface area contributed by atoms with E-state index in [1.165, 1.54) is 74.0 Å². The molecule has 0 heterocycles. The van der Waals surface area contributed by atoms with E-state index in [1.54, 1.807) is 0 Å². The largest absolute Gasteiger partial charge is 0.316 e. The van der Waals surface area contributed by atoms with Crippen LogP contribution in [0.25, 0.3) is 0 Å². The number of hydrogen-bond donors (Lipinski definition) is 4. The van der Waals surface area contributed by atoms with Crippen molar-refractivity contribution in [3.05, 3.63) is 71.8 Å². The lowest BCUT2D eigenvalue weighted by Gasteiger charge is -2.07. The summed E-state index contributed by atoms with van der Waals surface area (Å²) in [6.07, 6.45) is 10.5. The Kier molecular flexibility index (Phi) is 24.9. The number of hydrogen-bond acceptors (Lipinski definition) is 6. The van der Waals surface area contributed by atoms with Crippen LogP contribution in [0.15, 0.2) is 60.7 Å². The van der Waals surface area contributed by atoms with Gasteiger partial charge in [-0.3, -0.25) is 0 Å². The second-order valence-corrected chi connectivity index (χ2v) is 12.0. The van der Waals surface area contributed by atoms with Crippen LogP contribution in [0.4, 0.5) is 0 Å². The van der Waals surface area contributed by atoms with Crippen LogP contribution >= 0.6 is 34.0 Å². The van der Waals surface area contributed by atoms with Crippen LogP contribution in [0.2, 0.25) is 0 Å². The molecule has 7 heteroatoms. The number of nitrogens with one attached hydrogen (secondary N) is 4. The van der Waals surface area contributed by atoms with Gasteiger partial charge in [-0.1, -0.05) is 108 Å². The van der Waals surface area contributed by atoms with E-state index in [0.717, 1.165) is 52.4 Å². The van der Waals surface area contributed by atoms with Crippen LogP contribution in [0, 0.1) is 0 Å². The fourth-order valence-corrected chi connectivity index (χ4v) is 5.86. The molecule has 4 N–H and O–H groups in total. The highest BCUT2D eigenvalue weighted by Gasteiger charge is 1.96. The Labute approximate surface area is 241 Å². The van der Waals surface area contributed by atoms with Gasteiger partial charge in [-0.25, -0.2) is 0 Å². The summed E-state index contributed by atoms with van der Waals surface area (Å²) in [7, 11) is 4.01. The van der Waals surface area contributed by atoms with E-state index in [9.17, 15) is 0 Å². The van der Waals surface area contributed by atoms with E-state index < -0.39 is 0 Å². The molecule has 2 aromatic rings. The van der Waals surface area contributed by atoms with E-state index in [4.69, 9.17) is 0 Å². The normalized spacial score (nSPS) is 10.9. The predicted molar refractivity (Wildman–Crippen MR) is 171 cm³/mol. The maximum atomic E-state index is 3.59. The Bertz CT molecular complexity index is 648. The summed E-state index contributed by atoms with van der Waals surface area (Å²) in [5, 5.41) is 14.3. The molecule has 0 amide bonds. The first-order valence-electron chi connectivity index (χ1n) is 14.1. The summed E-state index contributed by atoms with van der Waals surface area (Å²) >= 11 is 0. The summed E-state index contributed by atoms with van der Waals surface area (Å²) in [5.74, 6) is 2.40. The number of rotatable bonds is 25. The van der Waals surface area contributed by atoms with Gasteiger partial charge in [0.05, 0.1) is 0 Å². The first-order chi connectivity index (χ1) is 17.9. The molecular weight excluding hydrogens is 516 g/mol. The number of benzene rings is 2. The maximum Gasteiger partial charge on any atom is 0.0205 e. The lowest BCUT2D eigenvalue weighted by Crippen LogP contribution is -2.19. The van der Waals surface area contributed by atoms with Crippen molar-refractivity contribution in [3.8, 4) is 0 Å². The molecule has 0 atom stereocenters. The zero-order valence-electron chi connectivity index (χ0n) is 22.7. The third-order valence-electron chi connectivity index (χ3n) is 6.07. The molecule has 0 fully saturated rings. The minimum Gasteiger partial charge on any atom is -0.316 e. The number of halogens is 1. The fourth-order valence-electron chi connectivity index (χ4n) is 3.96. The molecule has 2 rings (SSSR count). The summed E-state index contributed by atoms with van der Waals surface area (Å²) in [6.45, 7) is 8.80. The van der Waals surface area contributed by atoms with Gasteiger partial charge in [0.15, 0.2) is 0 Å². The molecule has 0 radical (unpaired) electrons. The predicted octanol–water partition coefficient (Wildman–Crippen LogP) is 6.67. The van der Waals surface area contributed by atoms with Crippen molar-refractivity contribution in [2.45, 2.75) is 64.5 Å². The van der Waals surface area contributed by atoms with Gasteiger partial charge in [-0.15, -0.1) is 12.4 Å². The van der Waals surface area contributed by atoms with Crippen molar-refractivity contribution >= 4 is 34.0 Å². The van der Waals surface area contributed by atoms with Crippen molar-refractivity contribution in [3.63, 3.8) is 0 Å². The van der Waals surface area contributed by atoms with Crippen LogP contribution in [-0.2, 0) is 13.1 Å². The van der Waals surface area contributed by atoms with Crippen molar-refractivity contribution in [2.75, 3.05) is 50.8 Å². The Morgan fingerprint density at radius 2 is 0.757 bits per heavy atom. The molecule has 0 aliphatic heterocycles. The average Bonchev–Trinajstić information content (AvgIpc) is 2.92. The Balaban J connectivity index is 0.00000684. The molecule has 0 unspecified atom stereocenters. The van der Waals surface area contributed by atoms with Crippen LogP contribution in [-0.4, -0.2) is 50.8 Å². The molecule has 0 aliphatic rings. The highest BCUT2D eigenvalue weighted by molar-refractivity contribution is 8.76. The third-order valence-corrected chi connectivity index (χ3v) is 8.47. The molecule has 0 saturated carbocycles. The Morgan fingerprint density at radius 3 is 1.14 bits per heavy atom. The Hall–Kier alpha value is -0.730.